The van der Waals surface area contributed by atoms with Crippen molar-refractivity contribution in [1.29, 1.82) is 0 Å². The third-order valence-corrected chi connectivity index (χ3v) is 4.29. The number of rotatable bonds is 5. The maximum atomic E-state index is 12.6. The molecule has 0 saturated carbocycles. The van der Waals surface area contributed by atoms with Gasteiger partial charge in [-0.15, -0.1) is 0 Å². The molecule has 0 spiro atoms. The number of aromatic amines is 1. The van der Waals surface area contributed by atoms with Crippen molar-refractivity contribution in [1.82, 2.24) is 25.1 Å². The number of nitrogens with one attached hydrogen (secondary N) is 1. The minimum atomic E-state index is -0.150. The topological polar surface area (TPSA) is 74.8 Å². The van der Waals surface area contributed by atoms with Gasteiger partial charge in [-0.1, -0.05) is 37.3 Å². The van der Waals surface area contributed by atoms with Crippen LogP contribution in [0.1, 0.15) is 41.8 Å². The molecular weight excluding hydrogens is 314 g/mol. The molecule has 0 radical (unpaired) electrons. The lowest BCUT2D eigenvalue weighted by Gasteiger charge is -2.23. The Hall–Kier alpha value is -3.02. The molecule has 2 heterocycles. The predicted octanol–water partition coefficient (Wildman–Crippen LogP) is 3.26. The van der Waals surface area contributed by atoms with E-state index in [-0.39, 0.29) is 11.9 Å². The number of aryl methyl sites for hydroxylation is 1. The lowest BCUT2D eigenvalue weighted by Crippen LogP contribution is -2.30. The van der Waals surface area contributed by atoms with Crippen molar-refractivity contribution >= 4 is 5.91 Å². The predicted molar refractivity (Wildman–Crippen MR) is 95.9 cm³/mol. The third kappa shape index (κ3) is 3.57. The van der Waals surface area contributed by atoms with Crippen LogP contribution in [0.25, 0.3) is 11.3 Å². The van der Waals surface area contributed by atoms with E-state index in [1.54, 1.807) is 24.3 Å². The fourth-order valence-corrected chi connectivity index (χ4v) is 2.54. The maximum absolute atomic E-state index is 12.6. The zero-order chi connectivity index (χ0) is 17.8. The summed E-state index contributed by atoms with van der Waals surface area (Å²) in [5.74, 6) is 0.610. The Balaban J connectivity index is 1.76. The molecule has 0 aliphatic carbocycles. The number of aromatic nitrogens is 4. The van der Waals surface area contributed by atoms with E-state index < -0.39 is 0 Å². The summed E-state index contributed by atoms with van der Waals surface area (Å²) in [6.07, 6.45) is 3.91. The molecule has 0 aliphatic heterocycles. The second kappa shape index (κ2) is 7.25. The van der Waals surface area contributed by atoms with Crippen LogP contribution >= 0.6 is 0 Å². The molecule has 1 amide bonds. The molecular formula is C19H21N5O. The standard InChI is InChI=1S/C19H21N5O/c1-4-18-20-11-15(12-21-18)19(25)24(3)13(2)16-10-17(23-22-16)14-8-6-5-7-9-14/h5-13H,4H2,1-3H3,(H,22,23)/t13-/m0/s1. The number of hydrogen-bond donors (Lipinski definition) is 1. The second-order valence-electron chi connectivity index (χ2n) is 5.91. The van der Waals surface area contributed by atoms with Gasteiger partial charge in [-0.25, -0.2) is 9.97 Å². The third-order valence-electron chi connectivity index (χ3n) is 4.29. The summed E-state index contributed by atoms with van der Waals surface area (Å²) in [6, 6.07) is 11.8. The molecule has 3 aromatic rings. The van der Waals surface area contributed by atoms with Crippen LogP contribution < -0.4 is 0 Å². The molecule has 1 N–H and O–H groups in total. The van der Waals surface area contributed by atoms with Crippen LogP contribution in [0.4, 0.5) is 0 Å². The summed E-state index contributed by atoms with van der Waals surface area (Å²) in [5, 5.41) is 7.39. The van der Waals surface area contributed by atoms with E-state index >= 15 is 0 Å². The van der Waals surface area contributed by atoms with E-state index in [1.807, 2.05) is 50.2 Å². The van der Waals surface area contributed by atoms with E-state index in [4.69, 9.17) is 0 Å². The normalized spacial score (nSPS) is 12.0. The number of benzene rings is 1. The first kappa shape index (κ1) is 16.8. The monoisotopic (exact) mass is 335 g/mol. The molecule has 1 atom stereocenters. The Bertz CT molecular complexity index is 842. The van der Waals surface area contributed by atoms with Gasteiger partial charge in [0.15, 0.2) is 0 Å². The summed E-state index contributed by atoms with van der Waals surface area (Å²) in [4.78, 5) is 22.7. The van der Waals surface area contributed by atoms with Crippen LogP contribution in [0, 0.1) is 0 Å². The Morgan fingerprint density at radius 3 is 2.52 bits per heavy atom. The molecule has 2 aromatic heterocycles. The number of nitrogens with zero attached hydrogens (tertiary/aromatic N) is 4. The average molecular weight is 335 g/mol. The van der Waals surface area contributed by atoms with Crippen LogP contribution in [0.3, 0.4) is 0 Å². The number of amides is 1. The van der Waals surface area contributed by atoms with Gasteiger partial charge in [0.1, 0.15) is 5.82 Å². The van der Waals surface area contributed by atoms with Gasteiger partial charge in [0.2, 0.25) is 0 Å². The lowest BCUT2D eigenvalue weighted by molar-refractivity contribution is 0.0739. The first-order valence-electron chi connectivity index (χ1n) is 8.29. The zero-order valence-electron chi connectivity index (χ0n) is 14.6. The van der Waals surface area contributed by atoms with Crippen molar-refractivity contribution in [3.05, 3.63) is 65.9 Å². The summed E-state index contributed by atoms with van der Waals surface area (Å²) < 4.78 is 0. The van der Waals surface area contributed by atoms with Gasteiger partial charge in [-0.05, 0) is 13.0 Å². The fraction of sp³-hybridized carbons (Fsp3) is 0.263. The minimum Gasteiger partial charge on any atom is -0.333 e. The average Bonchev–Trinajstić information content (AvgIpc) is 3.17. The van der Waals surface area contributed by atoms with Crippen molar-refractivity contribution in [3.63, 3.8) is 0 Å². The Morgan fingerprint density at radius 1 is 1.20 bits per heavy atom. The van der Waals surface area contributed by atoms with E-state index in [1.165, 1.54) is 0 Å². The number of carbonyl (C=O) groups excluding carboxylic acids is 1. The molecule has 6 nitrogen and oxygen atoms in total. The Labute approximate surface area is 146 Å². The Morgan fingerprint density at radius 2 is 1.88 bits per heavy atom. The van der Waals surface area contributed by atoms with Crippen LogP contribution in [0.5, 0.6) is 0 Å². The van der Waals surface area contributed by atoms with Gasteiger partial charge >= 0.3 is 0 Å². The fourth-order valence-electron chi connectivity index (χ4n) is 2.54. The Kier molecular flexibility index (Phi) is 4.88. The molecule has 0 saturated heterocycles. The maximum Gasteiger partial charge on any atom is 0.257 e. The summed E-state index contributed by atoms with van der Waals surface area (Å²) in [7, 11) is 1.77. The highest BCUT2D eigenvalue weighted by molar-refractivity contribution is 5.93. The molecule has 25 heavy (non-hydrogen) atoms. The minimum absolute atomic E-state index is 0.119. The van der Waals surface area contributed by atoms with Gasteiger partial charge in [0, 0.05) is 31.4 Å². The number of carbonyl (C=O) groups is 1. The van der Waals surface area contributed by atoms with Gasteiger partial charge in [-0.3, -0.25) is 9.89 Å². The SMILES string of the molecule is CCc1ncc(C(=O)N(C)[C@@H](C)c2cc(-c3ccccc3)n[nH]2)cn1. The summed E-state index contributed by atoms with van der Waals surface area (Å²) in [6.45, 7) is 3.94. The van der Waals surface area contributed by atoms with Crippen molar-refractivity contribution in [2.75, 3.05) is 7.05 Å². The van der Waals surface area contributed by atoms with E-state index in [0.717, 1.165) is 29.2 Å². The zero-order valence-corrected chi connectivity index (χ0v) is 14.6. The van der Waals surface area contributed by atoms with Crippen LogP contribution in [-0.2, 0) is 6.42 Å². The van der Waals surface area contributed by atoms with Gasteiger partial charge in [0.25, 0.3) is 5.91 Å². The smallest absolute Gasteiger partial charge is 0.257 e. The van der Waals surface area contributed by atoms with Gasteiger partial charge in [-0.2, -0.15) is 5.10 Å². The summed E-state index contributed by atoms with van der Waals surface area (Å²) in [5.41, 5.74) is 3.25. The molecule has 0 fully saturated rings. The number of hydrogen-bond acceptors (Lipinski definition) is 4. The van der Waals surface area contributed by atoms with Crippen molar-refractivity contribution in [2.45, 2.75) is 26.3 Å². The second-order valence-corrected chi connectivity index (χ2v) is 5.91. The van der Waals surface area contributed by atoms with Gasteiger partial charge in [0.05, 0.1) is 23.0 Å². The lowest BCUT2D eigenvalue weighted by atomic mass is 10.1. The van der Waals surface area contributed by atoms with Crippen molar-refractivity contribution < 1.29 is 4.79 Å². The largest absolute Gasteiger partial charge is 0.333 e. The number of H-pyrrole nitrogens is 1. The molecule has 128 valence electrons. The molecule has 6 heteroatoms. The van der Waals surface area contributed by atoms with Crippen LogP contribution in [-0.4, -0.2) is 38.0 Å². The van der Waals surface area contributed by atoms with Crippen LogP contribution in [0.15, 0.2) is 48.8 Å². The highest BCUT2D eigenvalue weighted by Crippen LogP contribution is 2.23. The van der Waals surface area contributed by atoms with Crippen LogP contribution in [0.2, 0.25) is 0 Å². The van der Waals surface area contributed by atoms with E-state index in [9.17, 15) is 4.79 Å². The first-order chi connectivity index (χ1) is 12.1. The van der Waals surface area contributed by atoms with E-state index in [0.29, 0.717) is 5.56 Å². The highest BCUT2D eigenvalue weighted by atomic mass is 16.2. The molecule has 1 aromatic carbocycles. The molecule has 0 unspecified atom stereocenters. The van der Waals surface area contributed by atoms with Crippen molar-refractivity contribution in [3.8, 4) is 11.3 Å². The highest BCUT2D eigenvalue weighted by Gasteiger charge is 2.21. The summed E-state index contributed by atoms with van der Waals surface area (Å²) >= 11 is 0. The first-order valence-corrected chi connectivity index (χ1v) is 8.29. The molecule has 0 bridgehead atoms. The van der Waals surface area contributed by atoms with Crippen molar-refractivity contribution in [2.24, 2.45) is 0 Å². The molecule has 3 rings (SSSR count). The van der Waals surface area contributed by atoms with E-state index in [2.05, 4.69) is 20.2 Å². The van der Waals surface area contributed by atoms with Gasteiger partial charge < -0.3 is 4.90 Å². The molecule has 0 aliphatic rings. The quantitative estimate of drug-likeness (QED) is 0.776.